The quantitative estimate of drug-likeness (QED) is 0.168. The zero-order chi connectivity index (χ0) is 29.6. The van der Waals surface area contributed by atoms with Crippen LogP contribution in [-0.4, -0.2) is 86.1 Å². The number of ether oxygens (including phenoxy) is 3. The van der Waals surface area contributed by atoms with Crippen molar-refractivity contribution >= 4 is 32.1 Å². The van der Waals surface area contributed by atoms with Gasteiger partial charge in [-0.15, -0.1) is 0 Å². The Balaban J connectivity index is -0.000000238. The molecular weight excluding hydrogens is 542 g/mol. The monoisotopic (exact) mass is 595 g/mol. The molecule has 0 aliphatic heterocycles. The van der Waals surface area contributed by atoms with E-state index in [2.05, 4.69) is 0 Å². The van der Waals surface area contributed by atoms with Crippen molar-refractivity contribution in [1.29, 1.82) is 0 Å². The summed E-state index contributed by atoms with van der Waals surface area (Å²) >= 11 is 0. The summed E-state index contributed by atoms with van der Waals surface area (Å²) in [5.41, 5.74) is 0. The Morgan fingerprint density at radius 3 is 1.37 bits per heavy atom. The molecule has 0 aromatic carbocycles. The van der Waals surface area contributed by atoms with Gasteiger partial charge in [-0.3, -0.25) is 19.2 Å². The Morgan fingerprint density at radius 1 is 0.683 bits per heavy atom. The van der Waals surface area contributed by atoms with Crippen molar-refractivity contribution in [3.63, 3.8) is 0 Å². The van der Waals surface area contributed by atoms with Crippen molar-refractivity contribution in [3.05, 3.63) is 0 Å². The number of aliphatic hydroxyl groups excluding tert-OH is 3. The fourth-order valence-electron chi connectivity index (χ4n) is 4.75. The van der Waals surface area contributed by atoms with Crippen LogP contribution < -0.4 is 29.6 Å². The Kier molecular flexibility index (Phi) is 30.2. The maximum atomic E-state index is 11.2. The van der Waals surface area contributed by atoms with Crippen molar-refractivity contribution < 1.29 is 79.7 Å². The first-order chi connectivity index (χ1) is 18.7. The number of rotatable bonds is 6. The van der Waals surface area contributed by atoms with Crippen molar-refractivity contribution in [1.82, 2.24) is 0 Å². The van der Waals surface area contributed by atoms with Crippen LogP contribution >= 0.6 is 0 Å². The molecule has 3 fully saturated rings. The number of aliphatic hydroxyl groups is 3. The minimum atomic E-state index is -0.474. The minimum Gasteiger partial charge on any atom is -1.00 e. The van der Waals surface area contributed by atoms with Crippen LogP contribution in [0.4, 0.5) is 0 Å². The first kappa shape index (κ1) is 44.5. The van der Waals surface area contributed by atoms with Gasteiger partial charge in [-0.25, -0.2) is 0 Å². The molecule has 5 atom stereocenters. The Hall–Kier alpha value is -0.975. The normalized spacial score (nSPS) is 24.9. The molecule has 3 aliphatic rings. The number of hydrogen-bond donors (Lipinski definition) is 3. The molecule has 12 heteroatoms. The Bertz CT molecular complexity index is 680. The van der Waals surface area contributed by atoms with Gasteiger partial charge < -0.3 is 31.0 Å². The Labute approximate surface area is 272 Å². The zero-order valence-corrected chi connectivity index (χ0v) is 28.0. The molecule has 10 nitrogen and oxygen atoms in total. The van der Waals surface area contributed by atoms with Crippen LogP contribution in [0.5, 0.6) is 0 Å². The topological polar surface area (TPSA) is 157 Å². The molecule has 0 aromatic rings. The third kappa shape index (κ3) is 19.0. The second kappa shape index (κ2) is 27.8. The standard InChI is InChI=1S/2C9H16O3.C9H14O3.C2H6O.B.Na.H/c3*1-2-12-9(11)7-5-3-4-6-8(7)10;1-2-3;;;/h2*7-8,10H,2-6H2,1H3;7H,2-6H2,1H3;3H,2H2,1H3;;;/q;;;;;+1;-1/t7-,8+;7-,8-;;;;;/m00...../s1. The van der Waals surface area contributed by atoms with Crippen LogP contribution in [0.15, 0.2) is 0 Å². The smallest absolute Gasteiger partial charge is 1.00 e. The molecule has 3 rings (SSSR count). The van der Waals surface area contributed by atoms with E-state index in [0.29, 0.717) is 32.7 Å². The molecule has 3 aliphatic carbocycles. The summed E-state index contributed by atoms with van der Waals surface area (Å²) in [6, 6.07) is 0. The van der Waals surface area contributed by atoms with Crippen LogP contribution in [0.25, 0.3) is 0 Å². The second-order valence-electron chi connectivity index (χ2n) is 9.75. The largest absolute Gasteiger partial charge is 1.00 e. The van der Waals surface area contributed by atoms with E-state index >= 15 is 0 Å². The van der Waals surface area contributed by atoms with Gasteiger partial charge in [0, 0.05) is 21.4 Å². The summed E-state index contributed by atoms with van der Waals surface area (Å²) < 4.78 is 14.5. The molecular formula is C29H53BNaO10. The molecule has 1 unspecified atom stereocenters. The number of carbonyl (C=O) groups is 4. The van der Waals surface area contributed by atoms with Crippen LogP contribution in [0.1, 0.15) is 106 Å². The molecule has 0 heterocycles. The van der Waals surface area contributed by atoms with Gasteiger partial charge in [-0.1, -0.05) is 32.1 Å². The minimum absolute atomic E-state index is 0. The number of Topliss-reactive ketones (excluding diaryl/α,β-unsaturated/α-hetero) is 1. The molecule has 0 aromatic heterocycles. The van der Waals surface area contributed by atoms with Crippen molar-refractivity contribution in [3.8, 4) is 0 Å². The number of ketones is 1. The molecule has 233 valence electrons. The predicted octanol–water partition coefficient (Wildman–Crippen LogP) is 0.244. The SMILES string of the molecule is CCO.CCOC(=O)C1CCCCC1=O.CCOC(=O)[C@H]1CCCC[C@@H]1O.CCOC(=O)[C@H]1CCCC[C@H]1O.[B].[H-].[Na+]. The van der Waals surface area contributed by atoms with E-state index in [-0.39, 0.29) is 81.5 Å². The zero-order valence-electron chi connectivity index (χ0n) is 27.0. The fourth-order valence-corrected chi connectivity index (χ4v) is 4.75. The van der Waals surface area contributed by atoms with Gasteiger partial charge in [0.05, 0.1) is 43.9 Å². The second-order valence-corrected chi connectivity index (χ2v) is 9.75. The van der Waals surface area contributed by atoms with Crippen molar-refractivity contribution in [2.75, 3.05) is 26.4 Å². The van der Waals surface area contributed by atoms with E-state index in [0.717, 1.165) is 64.2 Å². The van der Waals surface area contributed by atoms with Crippen LogP contribution in [0, 0.1) is 17.8 Å². The average Bonchev–Trinajstić information content (AvgIpc) is 2.91. The third-order valence-electron chi connectivity index (χ3n) is 6.76. The van der Waals surface area contributed by atoms with Gasteiger partial charge in [0.25, 0.3) is 0 Å². The van der Waals surface area contributed by atoms with Crippen molar-refractivity contribution in [2.45, 2.75) is 117 Å². The number of carbonyl (C=O) groups excluding carboxylic acids is 4. The summed E-state index contributed by atoms with van der Waals surface area (Å²) in [7, 11) is 0. The first-order valence-electron chi connectivity index (χ1n) is 14.7. The molecule has 0 bridgehead atoms. The molecule has 0 spiro atoms. The van der Waals surface area contributed by atoms with E-state index < -0.39 is 18.1 Å². The van der Waals surface area contributed by atoms with E-state index in [9.17, 15) is 29.4 Å². The van der Waals surface area contributed by atoms with Gasteiger partial charge in [0.1, 0.15) is 11.7 Å². The molecule has 41 heavy (non-hydrogen) atoms. The average molecular weight is 596 g/mol. The van der Waals surface area contributed by atoms with Crippen LogP contribution in [0.3, 0.4) is 0 Å². The number of hydrogen-bond acceptors (Lipinski definition) is 10. The molecule has 3 saturated carbocycles. The molecule has 0 amide bonds. The Morgan fingerprint density at radius 2 is 1.02 bits per heavy atom. The van der Waals surface area contributed by atoms with Gasteiger partial charge in [0.2, 0.25) is 0 Å². The van der Waals surface area contributed by atoms with E-state index in [1.54, 1.807) is 27.7 Å². The van der Waals surface area contributed by atoms with Crippen LogP contribution in [-0.2, 0) is 33.4 Å². The summed E-state index contributed by atoms with van der Waals surface area (Å²) in [5.74, 6) is -1.73. The molecule has 3 radical (unpaired) electrons. The summed E-state index contributed by atoms with van der Waals surface area (Å²) in [6.45, 7) is 8.43. The summed E-state index contributed by atoms with van der Waals surface area (Å²) in [5, 5.41) is 26.5. The van der Waals surface area contributed by atoms with Crippen molar-refractivity contribution in [2.24, 2.45) is 17.8 Å². The van der Waals surface area contributed by atoms with E-state index in [1.807, 2.05) is 0 Å². The van der Waals surface area contributed by atoms with Crippen LogP contribution in [0.2, 0.25) is 0 Å². The molecule has 0 saturated heterocycles. The van der Waals surface area contributed by atoms with Gasteiger partial charge in [0.15, 0.2) is 0 Å². The summed E-state index contributed by atoms with van der Waals surface area (Å²) in [6.07, 6.45) is 9.31. The number of esters is 3. The van der Waals surface area contributed by atoms with Gasteiger partial charge in [-0.05, 0) is 66.2 Å². The van der Waals surface area contributed by atoms with Gasteiger partial charge >= 0.3 is 47.5 Å². The first-order valence-corrected chi connectivity index (χ1v) is 14.7. The maximum Gasteiger partial charge on any atom is 1.00 e. The summed E-state index contributed by atoms with van der Waals surface area (Å²) in [4.78, 5) is 44.8. The molecule has 3 N–H and O–H groups in total. The van der Waals surface area contributed by atoms with E-state index in [4.69, 9.17) is 19.3 Å². The fraction of sp³-hybridized carbons (Fsp3) is 0.862. The predicted molar refractivity (Wildman–Crippen MR) is 152 cm³/mol. The maximum absolute atomic E-state index is 11.2. The van der Waals surface area contributed by atoms with Gasteiger partial charge in [-0.2, -0.15) is 0 Å². The third-order valence-corrected chi connectivity index (χ3v) is 6.76. The van der Waals surface area contributed by atoms with E-state index in [1.165, 1.54) is 0 Å².